The summed E-state index contributed by atoms with van der Waals surface area (Å²) in [5.41, 5.74) is -0.951. The Bertz CT molecular complexity index is 781. The summed E-state index contributed by atoms with van der Waals surface area (Å²) < 4.78 is 56.8. The Kier molecular flexibility index (Phi) is 3.48. The summed E-state index contributed by atoms with van der Waals surface area (Å²) >= 11 is 0. The quantitative estimate of drug-likeness (QED) is 0.553. The number of carbonyl (C=O) groups excluding carboxylic acids is 1. The molecule has 4 rings (SSSR count). The lowest BCUT2D eigenvalue weighted by Crippen LogP contribution is -2.11. The maximum atomic E-state index is 14.6. The molecule has 2 fully saturated rings. The summed E-state index contributed by atoms with van der Waals surface area (Å²) in [5.74, 6) is -4.57. The second-order valence-electron chi connectivity index (χ2n) is 6.52. The molecule has 0 atom stereocenters. The fourth-order valence-electron chi connectivity index (χ4n) is 3.13. The average molecular weight is 334 g/mol. The molecular weight excluding hydrogens is 320 g/mol. The summed E-state index contributed by atoms with van der Waals surface area (Å²) in [6.07, 6.45) is 2.68. The van der Waals surface area contributed by atoms with Crippen LogP contribution in [0.2, 0.25) is 0 Å². The lowest BCUT2D eigenvalue weighted by Gasteiger charge is -2.11. The zero-order chi connectivity index (χ0) is 17.0. The van der Waals surface area contributed by atoms with Crippen molar-refractivity contribution in [2.24, 2.45) is 0 Å². The van der Waals surface area contributed by atoms with E-state index in [4.69, 9.17) is 0 Å². The standard InChI is InChI=1S/C19H14F4O/c20-13-7-5-11(17(22)15(13)9-1-2-9)19(24)12-6-8-14(21)16(18(12)23)10-3-4-10/h5-10H,1-4H2. The van der Waals surface area contributed by atoms with Crippen molar-refractivity contribution in [1.29, 1.82) is 0 Å². The summed E-state index contributed by atoms with van der Waals surface area (Å²) in [4.78, 5) is 12.6. The van der Waals surface area contributed by atoms with Crippen molar-refractivity contribution in [1.82, 2.24) is 0 Å². The van der Waals surface area contributed by atoms with Crippen LogP contribution in [-0.4, -0.2) is 5.78 Å². The molecule has 0 saturated heterocycles. The van der Waals surface area contributed by atoms with Gasteiger partial charge in [0.1, 0.15) is 23.3 Å². The summed E-state index contributed by atoms with van der Waals surface area (Å²) in [7, 11) is 0. The highest BCUT2D eigenvalue weighted by atomic mass is 19.1. The lowest BCUT2D eigenvalue weighted by molar-refractivity contribution is 0.103. The van der Waals surface area contributed by atoms with Gasteiger partial charge in [0.2, 0.25) is 0 Å². The Morgan fingerprint density at radius 3 is 1.42 bits per heavy atom. The molecule has 124 valence electrons. The first kappa shape index (κ1) is 15.4. The van der Waals surface area contributed by atoms with Crippen LogP contribution in [0.4, 0.5) is 17.6 Å². The van der Waals surface area contributed by atoms with Crippen LogP contribution >= 0.6 is 0 Å². The van der Waals surface area contributed by atoms with E-state index in [1.54, 1.807) is 0 Å². The summed E-state index contributed by atoms with van der Waals surface area (Å²) in [6, 6.07) is 4.12. The highest BCUT2D eigenvalue weighted by Crippen LogP contribution is 2.44. The number of carbonyl (C=O) groups is 1. The normalized spacial score (nSPS) is 17.2. The highest BCUT2D eigenvalue weighted by Gasteiger charge is 2.35. The van der Waals surface area contributed by atoms with Crippen molar-refractivity contribution >= 4 is 5.78 Å². The monoisotopic (exact) mass is 334 g/mol. The minimum absolute atomic E-state index is 0.106. The topological polar surface area (TPSA) is 17.1 Å². The van der Waals surface area contributed by atoms with E-state index in [9.17, 15) is 22.4 Å². The molecule has 1 nitrogen and oxygen atoms in total. The third kappa shape index (κ3) is 2.43. The molecular formula is C19H14F4O. The Morgan fingerprint density at radius 1 is 0.708 bits per heavy atom. The molecule has 0 radical (unpaired) electrons. The van der Waals surface area contributed by atoms with E-state index in [2.05, 4.69) is 0 Å². The van der Waals surface area contributed by atoms with Gasteiger partial charge in [-0.15, -0.1) is 0 Å². The molecule has 0 N–H and O–H groups in total. The third-order valence-corrected chi connectivity index (χ3v) is 4.71. The first-order valence-corrected chi connectivity index (χ1v) is 7.99. The first-order valence-electron chi connectivity index (χ1n) is 7.99. The Morgan fingerprint density at radius 2 is 1.08 bits per heavy atom. The molecule has 2 aliphatic rings. The predicted octanol–water partition coefficient (Wildman–Crippen LogP) is 5.23. The maximum Gasteiger partial charge on any atom is 0.198 e. The van der Waals surface area contributed by atoms with Crippen LogP contribution in [0.1, 0.15) is 64.6 Å². The van der Waals surface area contributed by atoms with Gasteiger partial charge in [-0.05, 0) is 61.8 Å². The molecule has 24 heavy (non-hydrogen) atoms. The number of halogens is 4. The van der Waals surface area contributed by atoms with Crippen molar-refractivity contribution in [3.63, 3.8) is 0 Å². The van der Waals surface area contributed by atoms with Gasteiger partial charge in [-0.1, -0.05) is 0 Å². The smallest absolute Gasteiger partial charge is 0.198 e. The minimum Gasteiger partial charge on any atom is -0.288 e. The second kappa shape index (κ2) is 5.43. The molecule has 2 aliphatic carbocycles. The third-order valence-electron chi connectivity index (χ3n) is 4.71. The van der Waals surface area contributed by atoms with Crippen LogP contribution in [-0.2, 0) is 0 Å². The molecule has 2 aromatic rings. The molecule has 0 amide bonds. The predicted molar refractivity (Wildman–Crippen MR) is 80.1 cm³/mol. The average Bonchev–Trinajstić information content (AvgIpc) is 3.41. The number of hydrogen-bond acceptors (Lipinski definition) is 1. The van der Waals surface area contributed by atoms with E-state index in [1.165, 1.54) is 0 Å². The lowest BCUT2D eigenvalue weighted by atomic mass is 9.95. The van der Waals surface area contributed by atoms with Gasteiger partial charge in [-0.25, -0.2) is 17.6 Å². The van der Waals surface area contributed by atoms with E-state index in [0.29, 0.717) is 25.7 Å². The van der Waals surface area contributed by atoms with Crippen molar-refractivity contribution < 1.29 is 22.4 Å². The number of hydrogen-bond donors (Lipinski definition) is 0. The van der Waals surface area contributed by atoms with Gasteiger partial charge >= 0.3 is 0 Å². The van der Waals surface area contributed by atoms with Crippen molar-refractivity contribution in [2.75, 3.05) is 0 Å². The SMILES string of the molecule is O=C(c1ccc(F)c(C2CC2)c1F)c1ccc(F)c(C2CC2)c1F. The van der Waals surface area contributed by atoms with Crippen LogP contribution in [0.5, 0.6) is 0 Å². The van der Waals surface area contributed by atoms with Crippen LogP contribution in [0.25, 0.3) is 0 Å². The van der Waals surface area contributed by atoms with Gasteiger partial charge in [0.15, 0.2) is 5.78 Å². The fraction of sp³-hybridized carbons (Fsp3) is 0.316. The molecule has 0 heterocycles. The highest BCUT2D eigenvalue weighted by molar-refractivity contribution is 6.09. The first-order chi connectivity index (χ1) is 11.5. The number of benzene rings is 2. The second-order valence-corrected chi connectivity index (χ2v) is 6.52. The van der Waals surface area contributed by atoms with Gasteiger partial charge in [-0.2, -0.15) is 0 Å². The summed E-state index contributed by atoms with van der Waals surface area (Å²) in [5, 5.41) is 0. The Labute approximate surface area is 136 Å². The van der Waals surface area contributed by atoms with Crippen molar-refractivity contribution in [3.05, 3.63) is 69.8 Å². The molecule has 2 aromatic carbocycles. The fourth-order valence-corrected chi connectivity index (χ4v) is 3.13. The van der Waals surface area contributed by atoms with Crippen molar-refractivity contribution in [3.8, 4) is 0 Å². The van der Waals surface area contributed by atoms with Gasteiger partial charge < -0.3 is 0 Å². The largest absolute Gasteiger partial charge is 0.288 e. The van der Waals surface area contributed by atoms with Crippen LogP contribution < -0.4 is 0 Å². The zero-order valence-electron chi connectivity index (χ0n) is 12.7. The van der Waals surface area contributed by atoms with E-state index < -0.39 is 29.1 Å². The summed E-state index contributed by atoms with van der Waals surface area (Å²) in [6.45, 7) is 0. The van der Waals surface area contributed by atoms with Gasteiger partial charge in [0.25, 0.3) is 0 Å². The van der Waals surface area contributed by atoms with Crippen LogP contribution in [0.15, 0.2) is 24.3 Å². The zero-order valence-corrected chi connectivity index (χ0v) is 12.7. The maximum absolute atomic E-state index is 14.6. The molecule has 0 bridgehead atoms. The minimum atomic E-state index is -0.931. The molecule has 5 heteroatoms. The van der Waals surface area contributed by atoms with Crippen LogP contribution in [0.3, 0.4) is 0 Å². The van der Waals surface area contributed by atoms with Gasteiger partial charge in [-0.3, -0.25) is 4.79 Å². The van der Waals surface area contributed by atoms with Gasteiger partial charge in [0.05, 0.1) is 11.1 Å². The Balaban J connectivity index is 1.80. The molecule has 0 aromatic heterocycles. The van der Waals surface area contributed by atoms with E-state index in [0.717, 1.165) is 24.3 Å². The van der Waals surface area contributed by atoms with E-state index in [1.807, 2.05) is 0 Å². The van der Waals surface area contributed by atoms with E-state index >= 15 is 0 Å². The molecule has 2 saturated carbocycles. The Hall–Kier alpha value is -2.17. The number of ketones is 1. The van der Waals surface area contributed by atoms with Crippen molar-refractivity contribution in [2.45, 2.75) is 37.5 Å². The van der Waals surface area contributed by atoms with Crippen LogP contribution in [0, 0.1) is 23.3 Å². The molecule has 0 aliphatic heterocycles. The number of rotatable bonds is 4. The molecule has 0 unspecified atom stereocenters. The van der Waals surface area contributed by atoms with E-state index in [-0.39, 0.29) is 34.1 Å². The molecule has 0 spiro atoms. The van der Waals surface area contributed by atoms with Gasteiger partial charge in [0, 0.05) is 11.1 Å².